The highest BCUT2D eigenvalue weighted by Crippen LogP contribution is 2.23. The van der Waals surface area contributed by atoms with Gasteiger partial charge in [0, 0.05) is 18.0 Å². The van der Waals surface area contributed by atoms with Crippen molar-refractivity contribution in [3.05, 3.63) is 59.9 Å². The van der Waals surface area contributed by atoms with Crippen molar-refractivity contribution in [2.45, 2.75) is 38.6 Å². The van der Waals surface area contributed by atoms with Gasteiger partial charge in [-0.2, -0.15) is 0 Å². The van der Waals surface area contributed by atoms with Crippen molar-refractivity contribution in [1.29, 1.82) is 0 Å². The Labute approximate surface area is 175 Å². The molecular formula is C23H26FNO5. The minimum absolute atomic E-state index is 0.00681. The molecule has 0 spiro atoms. The second-order valence-corrected chi connectivity index (χ2v) is 6.73. The average molecular weight is 415 g/mol. The number of ether oxygens (including phenoxy) is 2. The van der Waals surface area contributed by atoms with Gasteiger partial charge in [-0.1, -0.05) is 42.5 Å². The average Bonchev–Trinajstić information content (AvgIpc) is 2.73. The second kappa shape index (κ2) is 11.7. The van der Waals surface area contributed by atoms with Crippen LogP contribution in [0.15, 0.2) is 48.5 Å². The summed E-state index contributed by atoms with van der Waals surface area (Å²) >= 11 is 0. The van der Waals surface area contributed by atoms with E-state index in [9.17, 15) is 18.8 Å². The molecule has 0 saturated heterocycles. The summed E-state index contributed by atoms with van der Waals surface area (Å²) in [5.74, 6) is -1.55. The van der Waals surface area contributed by atoms with E-state index in [1.807, 2.05) is 12.1 Å². The summed E-state index contributed by atoms with van der Waals surface area (Å²) in [4.78, 5) is 35.3. The molecule has 2 rings (SSSR count). The Morgan fingerprint density at radius 3 is 2.33 bits per heavy atom. The van der Waals surface area contributed by atoms with Gasteiger partial charge in [0.1, 0.15) is 5.82 Å². The first kappa shape index (κ1) is 23.1. The molecular weight excluding hydrogens is 389 g/mol. The first-order chi connectivity index (χ1) is 14.4. The predicted molar refractivity (Wildman–Crippen MR) is 110 cm³/mol. The molecule has 0 aliphatic heterocycles. The number of halogens is 1. The summed E-state index contributed by atoms with van der Waals surface area (Å²) < 4.78 is 23.5. The van der Waals surface area contributed by atoms with Gasteiger partial charge in [-0.25, -0.2) is 4.39 Å². The van der Waals surface area contributed by atoms with Gasteiger partial charge < -0.3 is 14.8 Å². The number of nitrogens with one attached hydrogen (secondary N) is 1. The fourth-order valence-corrected chi connectivity index (χ4v) is 3.01. The van der Waals surface area contributed by atoms with E-state index in [-0.39, 0.29) is 37.6 Å². The smallest absolute Gasteiger partial charge is 0.307 e. The lowest BCUT2D eigenvalue weighted by molar-refractivity contribution is -0.144. The maximum Gasteiger partial charge on any atom is 0.307 e. The molecule has 6 nitrogen and oxygen atoms in total. The fraction of sp³-hybridized carbons (Fsp3) is 0.348. The number of rotatable bonds is 10. The first-order valence-corrected chi connectivity index (χ1v) is 9.78. The van der Waals surface area contributed by atoms with Gasteiger partial charge in [0.05, 0.1) is 26.6 Å². The number of carbonyl (C=O) groups is 3. The van der Waals surface area contributed by atoms with Crippen LogP contribution in [0.4, 0.5) is 4.39 Å². The van der Waals surface area contributed by atoms with E-state index >= 15 is 0 Å². The molecule has 1 atom stereocenters. The van der Waals surface area contributed by atoms with Crippen molar-refractivity contribution in [2.75, 3.05) is 13.7 Å². The fourth-order valence-electron chi connectivity index (χ4n) is 3.01. The summed E-state index contributed by atoms with van der Waals surface area (Å²) in [5.41, 5.74) is 2.11. The zero-order chi connectivity index (χ0) is 21.9. The summed E-state index contributed by atoms with van der Waals surface area (Å²) in [6, 6.07) is 13.3. The number of hydrogen-bond acceptors (Lipinski definition) is 5. The number of benzene rings is 2. The molecule has 0 aliphatic carbocycles. The minimum Gasteiger partial charge on any atom is -0.469 e. The van der Waals surface area contributed by atoms with Gasteiger partial charge in [-0.15, -0.1) is 0 Å². The van der Waals surface area contributed by atoms with Crippen LogP contribution in [0, 0.1) is 5.82 Å². The van der Waals surface area contributed by atoms with E-state index in [0.29, 0.717) is 12.0 Å². The van der Waals surface area contributed by atoms with Gasteiger partial charge in [0.25, 0.3) is 0 Å². The summed E-state index contributed by atoms with van der Waals surface area (Å²) in [5, 5.41) is 2.78. The maximum absolute atomic E-state index is 14.0. The van der Waals surface area contributed by atoms with Crippen LogP contribution in [0.25, 0.3) is 11.1 Å². The van der Waals surface area contributed by atoms with Crippen LogP contribution in [0.5, 0.6) is 0 Å². The van der Waals surface area contributed by atoms with Crippen LogP contribution in [0.3, 0.4) is 0 Å². The molecule has 0 fully saturated rings. The molecule has 0 heterocycles. The maximum atomic E-state index is 14.0. The molecule has 160 valence electrons. The SMILES string of the molecule is CCOC(=O)C[C@@H](Cc1ccc(-c2ccccc2F)cc1)NC(=O)CCC(=O)OC. The van der Waals surface area contributed by atoms with E-state index in [1.54, 1.807) is 37.3 Å². The molecule has 0 aliphatic rings. The van der Waals surface area contributed by atoms with E-state index in [2.05, 4.69) is 10.1 Å². The third kappa shape index (κ3) is 7.31. The Balaban J connectivity index is 2.06. The van der Waals surface area contributed by atoms with Crippen LogP contribution >= 0.6 is 0 Å². The molecule has 7 heteroatoms. The van der Waals surface area contributed by atoms with Crippen LogP contribution in [-0.4, -0.2) is 37.6 Å². The van der Waals surface area contributed by atoms with Crippen LogP contribution < -0.4 is 5.32 Å². The number of esters is 2. The number of carbonyl (C=O) groups excluding carboxylic acids is 3. The Bertz CT molecular complexity index is 866. The van der Waals surface area contributed by atoms with Gasteiger partial charge in [0.2, 0.25) is 5.91 Å². The third-order valence-electron chi connectivity index (χ3n) is 4.49. The minimum atomic E-state index is -0.492. The largest absolute Gasteiger partial charge is 0.469 e. The Morgan fingerprint density at radius 1 is 1.00 bits per heavy atom. The highest BCUT2D eigenvalue weighted by atomic mass is 19.1. The molecule has 2 aromatic rings. The van der Waals surface area contributed by atoms with Crippen LogP contribution in [0.1, 0.15) is 31.7 Å². The van der Waals surface area contributed by atoms with Crippen LogP contribution in [0.2, 0.25) is 0 Å². The van der Waals surface area contributed by atoms with Gasteiger partial charge in [0.15, 0.2) is 0 Å². The van der Waals surface area contributed by atoms with Crippen molar-refractivity contribution >= 4 is 17.8 Å². The Kier molecular flexibility index (Phi) is 9.00. The lowest BCUT2D eigenvalue weighted by Gasteiger charge is -2.18. The Hall–Kier alpha value is -3.22. The first-order valence-electron chi connectivity index (χ1n) is 9.78. The quantitative estimate of drug-likeness (QED) is 0.602. The van der Waals surface area contributed by atoms with Crippen LogP contribution in [-0.2, 0) is 30.3 Å². The standard InChI is InChI=1S/C23H26FNO5/c1-3-30-23(28)15-18(25-21(26)12-13-22(27)29-2)14-16-8-10-17(11-9-16)19-6-4-5-7-20(19)24/h4-11,18H,3,12-15H2,1-2H3,(H,25,26)/t18-/m1/s1. The van der Waals surface area contributed by atoms with E-state index in [1.165, 1.54) is 13.2 Å². The van der Waals surface area contributed by atoms with Crippen molar-refractivity contribution < 1.29 is 28.2 Å². The highest BCUT2D eigenvalue weighted by molar-refractivity contribution is 5.82. The van der Waals surface area contributed by atoms with Gasteiger partial charge in [-0.3, -0.25) is 14.4 Å². The Morgan fingerprint density at radius 2 is 1.70 bits per heavy atom. The third-order valence-corrected chi connectivity index (χ3v) is 4.49. The summed E-state index contributed by atoms with van der Waals surface area (Å²) in [7, 11) is 1.26. The molecule has 0 bridgehead atoms. The van der Waals surface area contributed by atoms with Gasteiger partial charge in [-0.05, 0) is 30.5 Å². The lowest BCUT2D eigenvalue weighted by Crippen LogP contribution is -2.38. The zero-order valence-corrected chi connectivity index (χ0v) is 17.2. The molecule has 0 unspecified atom stereocenters. The monoisotopic (exact) mass is 415 g/mol. The topological polar surface area (TPSA) is 81.7 Å². The lowest BCUT2D eigenvalue weighted by atomic mass is 9.99. The van der Waals surface area contributed by atoms with Crippen molar-refractivity contribution in [3.63, 3.8) is 0 Å². The predicted octanol–water partition coefficient (Wildman–Crippen LogP) is 3.43. The van der Waals surface area contributed by atoms with E-state index in [4.69, 9.17) is 4.74 Å². The highest BCUT2D eigenvalue weighted by Gasteiger charge is 2.19. The number of methoxy groups -OCH3 is 1. The number of amides is 1. The van der Waals surface area contributed by atoms with Crippen molar-refractivity contribution in [1.82, 2.24) is 5.32 Å². The summed E-state index contributed by atoms with van der Waals surface area (Å²) in [6.07, 6.45) is 0.331. The molecule has 2 aromatic carbocycles. The second-order valence-electron chi connectivity index (χ2n) is 6.73. The molecule has 0 saturated carbocycles. The normalized spacial score (nSPS) is 11.4. The van der Waals surface area contributed by atoms with Crippen molar-refractivity contribution in [3.8, 4) is 11.1 Å². The van der Waals surface area contributed by atoms with Gasteiger partial charge >= 0.3 is 11.9 Å². The molecule has 30 heavy (non-hydrogen) atoms. The van der Waals surface area contributed by atoms with Crippen molar-refractivity contribution in [2.24, 2.45) is 0 Å². The van der Waals surface area contributed by atoms with E-state index in [0.717, 1.165) is 11.1 Å². The molecule has 0 aromatic heterocycles. The molecule has 0 radical (unpaired) electrons. The van der Waals surface area contributed by atoms with E-state index < -0.39 is 18.0 Å². The molecule has 1 N–H and O–H groups in total. The number of hydrogen-bond donors (Lipinski definition) is 1. The molecule has 1 amide bonds. The summed E-state index contributed by atoms with van der Waals surface area (Å²) in [6.45, 7) is 1.96. The zero-order valence-electron chi connectivity index (χ0n) is 17.2.